The van der Waals surface area contributed by atoms with Crippen molar-refractivity contribution in [1.29, 1.82) is 0 Å². The Morgan fingerprint density at radius 1 is 0.935 bits per heavy atom. The molecule has 2 heterocycles. The monoisotopic (exact) mass is 428 g/mol. The lowest BCUT2D eigenvalue weighted by molar-refractivity contribution is 0.00861. The van der Waals surface area contributed by atoms with E-state index in [0.29, 0.717) is 22.7 Å². The number of anilines is 1. The van der Waals surface area contributed by atoms with E-state index in [0.717, 1.165) is 0 Å². The molecule has 4 atom stereocenters. The van der Waals surface area contributed by atoms with Crippen molar-refractivity contribution in [2.75, 3.05) is 32.8 Å². The summed E-state index contributed by atoms with van der Waals surface area (Å²) in [6.07, 6.45) is -2.07. The second-order valence-electron chi connectivity index (χ2n) is 7.21. The Morgan fingerprint density at radius 2 is 1.61 bits per heavy atom. The maximum Gasteiger partial charge on any atom is 0.412 e. The zero-order valence-corrected chi connectivity index (χ0v) is 17.2. The summed E-state index contributed by atoms with van der Waals surface area (Å²) in [5.74, 6) is 0.873. The molecule has 164 valence electrons. The maximum absolute atomic E-state index is 12.4. The minimum absolute atomic E-state index is 0.182. The molecule has 9 nitrogen and oxygen atoms in total. The molecule has 4 unspecified atom stereocenters. The van der Waals surface area contributed by atoms with Crippen molar-refractivity contribution < 1.29 is 33.3 Å². The van der Waals surface area contributed by atoms with Gasteiger partial charge in [0.05, 0.1) is 39.2 Å². The highest BCUT2D eigenvalue weighted by atomic mass is 16.6. The summed E-state index contributed by atoms with van der Waals surface area (Å²) < 4.78 is 27.5. The van der Waals surface area contributed by atoms with Crippen molar-refractivity contribution >= 4 is 17.7 Å². The first-order chi connectivity index (χ1) is 15.1. The number of nitrogens with one attached hydrogen (secondary N) is 2. The van der Waals surface area contributed by atoms with Gasteiger partial charge >= 0.3 is 6.09 Å². The van der Waals surface area contributed by atoms with Crippen LogP contribution in [0.4, 0.5) is 10.5 Å². The van der Waals surface area contributed by atoms with Crippen LogP contribution in [0.3, 0.4) is 0 Å². The molecule has 2 N–H and O–H groups in total. The van der Waals surface area contributed by atoms with Crippen LogP contribution in [0.15, 0.2) is 48.5 Å². The van der Waals surface area contributed by atoms with Gasteiger partial charge in [-0.2, -0.15) is 0 Å². The predicted octanol–water partition coefficient (Wildman–Crippen LogP) is 2.22. The zero-order chi connectivity index (χ0) is 21.8. The third-order valence-corrected chi connectivity index (χ3v) is 5.22. The van der Waals surface area contributed by atoms with Crippen molar-refractivity contribution in [2.24, 2.45) is 0 Å². The topological polar surface area (TPSA) is 104 Å². The second-order valence-corrected chi connectivity index (χ2v) is 7.21. The number of hydrogen-bond acceptors (Lipinski definition) is 7. The van der Waals surface area contributed by atoms with Gasteiger partial charge in [0.2, 0.25) is 0 Å². The molecule has 0 radical (unpaired) electrons. The van der Waals surface area contributed by atoms with E-state index in [1.54, 1.807) is 42.5 Å². The van der Waals surface area contributed by atoms with Crippen LogP contribution in [0.2, 0.25) is 0 Å². The normalized spacial score (nSPS) is 24.2. The van der Waals surface area contributed by atoms with Crippen LogP contribution in [-0.4, -0.2) is 63.8 Å². The fourth-order valence-corrected chi connectivity index (χ4v) is 3.69. The SMILES string of the molecule is COc1cc(NC(=O)OC2COC3C(NC(=O)c4ccccc4)COC23)cc(OC)c1. The van der Waals surface area contributed by atoms with Crippen molar-refractivity contribution in [1.82, 2.24) is 5.32 Å². The molecular weight excluding hydrogens is 404 g/mol. The van der Waals surface area contributed by atoms with Gasteiger partial charge < -0.3 is 29.0 Å². The first kappa shape index (κ1) is 21.0. The summed E-state index contributed by atoms with van der Waals surface area (Å²) in [5.41, 5.74) is 1.03. The highest BCUT2D eigenvalue weighted by molar-refractivity contribution is 5.94. The third-order valence-electron chi connectivity index (χ3n) is 5.22. The number of carbonyl (C=O) groups excluding carboxylic acids is 2. The Morgan fingerprint density at radius 3 is 2.29 bits per heavy atom. The van der Waals surface area contributed by atoms with E-state index in [1.807, 2.05) is 6.07 Å². The van der Waals surface area contributed by atoms with Gasteiger partial charge in [-0.3, -0.25) is 10.1 Å². The van der Waals surface area contributed by atoms with Gasteiger partial charge in [-0.25, -0.2) is 4.79 Å². The van der Waals surface area contributed by atoms with Gasteiger partial charge in [0.15, 0.2) is 6.10 Å². The third kappa shape index (κ3) is 4.73. The molecule has 9 heteroatoms. The smallest absolute Gasteiger partial charge is 0.412 e. The maximum atomic E-state index is 12.4. The van der Waals surface area contributed by atoms with E-state index in [-0.39, 0.29) is 31.3 Å². The molecule has 31 heavy (non-hydrogen) atoms. The number of fused-ring (bicyclic) bond motifs is 1. The number of methoxy groups -OCH3 is 2. The molecule has 2 aromatic carbocycles. The van der Waals surface area contributed by atoms with Crippen molar-refractivity contribution in [3.05, 3.63) is 54.1 Å². The molecule has 4 rings (SSSR count). The highest BCUT2D eigenvalue weighted by Gasteiger charge is 2.50. The molecular formula is C22H24N2O7. The van der Waals surface area contributed by atoms with E-state index >= 15 is 0 Å². The standard InChI is InChI=1S/C22H24N2O7/c1-27-15-8-14(9-16(10-15)28-2)23-22(26)31-18-12-30-19-17(11-29-20(18)19)24-21(25)13-6-4-3-5-7-13/h3-10,17-20H,11-12H2,1-2H3,(H,23,26)(H,24,25). The molecule has 2 saturated heterocycles. The molecule has 2 fully saturated rings. The van der Waals surface area contributed by atoms with E-state index in [4.69, 9.17) is 23.7 Å². The van der Waals surface area contributed by atoms with E-state index in [2.05, 4.69) is 10.6 Å². The van der Waals surface area contributed by atoms with E-state index in [1.165, 1.54) is 14.2 Å². The summed E-state index contributed by atoms with van der Waals surface area (Å²) >= 11 is 0. The molecule has 2 aliphatic rings. The van der Waals surface area contributed by atoms with Crippen LogP contribution in [0.25, 0.3) is 0 Å². The molecule has 0 bridgehead atoms. The minimum Gasteiger partial charge on any atom is -0.497 e. The van der Waals surface area contributed by atoms with Gasteiger partial charge in [0.1, 0.15) is 23.7 Å². The zero-order valence-electron chi connectivity index (χ0n) is 17.2. The van der Waals surface area contributed by atoms with Crippen LogP contribution in [0, 0.1) is 0 Å². The Hall–Kier alpha value is -3.30. The fourth-order valence-electron chi connectivity index (χ4n) is 3.69. The Kier molecular flexibility index (Phi) is 6.24. The Labute approximate surface area is 179 Å². The number of ether oxygens (including phenoxy) is 5. The van der Waals surface area contributed by atoms with E-state index in [9.17, 15) is 9.59 Å². The summed E-state index contributed by atoms with van der Waals surface area (Å²) in [7, 11) is 3.05. The van der Waals surface area contributed by atoms with E-state index < -0.39 is 18.3 Å². The largest absolute Gasteiger partial charge is 0.497 e. The molecule has 2 aromatic rings. The average molecular weight is 428 g/mol. The fraction of sp³-hybridized carbons (Fsp3) is 0.364. The summed E-state index contributed by atoms with van der Waals surface area (Å²) in [5, 5.41) is 5.59. The highest BCUT2D eigenvalue weighted by Crippen LogP contribution is 2.30. The van der Waals surface area contributed by atoms with Gasteiger partial charge in [-0.05, 0) is 12.1 Å². The van der Waals surface area contributed by atoms with Crippen molar-refractivity contribution in [3.8, 4) is 11.5 Å². The van der Waals surface area contributed by atoms with Crippen LogP contribution < -0.4 is 20.1 Å². The lowest BCUT2D eigenvalue weighted by atomic mass is 10.1. The van der Waals surface area contributed by atoms with Crippen LogP contribution in [-0.2, 0) is 14.2 Å². The Balaban J connectivity index is 1.33. The van der Waals surface area contributed by atoms with Crippen LogP contribution in [0.1, 0.15) is 10.4 Å². The molecule has 0 aliphatic carbocycles. The number of benzene rings is 2. The number of amides is 2. The quantitative estimate of drug-likeness (QED) is 0.727. The molecule has 0 saturated carbocycles. The van der Waals surface area contributed by atoms with Gasteiger partial charge in [0, 0.05) is 23.8 Å². The first-order valence-corrected chi connectivity index (χ1v) is 9.87. The lowest BCUT2D eigenvalue weighted by Gasteiger charge is -2.18. The molecule has 2 amide bonds. The number of hydrogen-bond donors (Lipinski definition) is 2. The summed E-state index contributed by atoms with van der Waals surface area (Å²) in [6.45, 7) is 0.463. The minimum atomic E-state index is -0.648. The average Bonchev–Trinajstić information content (AvgIpc) is 3.37. The van der Waals surface area contributed by atoms with Crippen LogP contribution in [0.5, 0.6) is 11.5 Å². The number of carbonyl (C=O) groups is 2. The van der Waals surface area contributed by atoms with Crippen molar-refractivity contribution in [3.63, 3.8) is 0 Å². The van der Waals surface area contributed by atoms with Gasteiger partial charge in [0.25, 0.3) is 5.91 Å². The van der Waals surface area contributed by atoms with Crippen LogP contribution >= 0.6 is 0 Å². The van der Waals surface area contributed by atoms with Gasteiger partial charge in [-0.15, -0.1) is 0 Å². The second kappa shape index (κ2) is 9.23. The number of rotatable bonds is 6. The Bertz CT molecular complexity index is 914. The molecule has 0 spiro atoms. The van der Waals surface area contributed by atoms with Crippen molar-refractivity contribution in [2.45, 2.75) is 24.4 Å². The van der Waals surface area contributed by atoms with Gasteiger partial charge in [-0.1, -0.05) is 18.2 Å². The summed E-state index contributed by atoms with van der Waals surface area (Å²) in [6, 6.07) is 13.6. The lowest BCUT2D eigenvalue weighted by Crippen LogP contribution is -2.44. The first-order valence-electron chi connectivity index (χ1n) is 9.87. The molecule has 0 aromatic heterocycles. The molecule has 2 aliphatic heterocycles. The summed E-state index contributed by atoms with van der Waals surface area (Å²) in [4.78, 5) is 24.8. The predicted molar refractivity (Wildman–Crippen MR) is 111 cm³/mol.